The van der Waals surface area contributed by atoms with Crippen molar-refractivity contribution in [2.75, 3.05) is 0 Å². The van der Waals surface area contributed by atoms with Crippen LogP contribution in [0.1, 0.15) is 38.5 Å². The van der Waals surface area contributed by atoms with Gasteiger partial charge in [-0.15, -0.1) is 6.58 Å². The first-order valence-corrected chi connectivity index (χ1v) is 6.43. The van der Waals surface area contributed by atoms with Crippen LogP contribution in [0.15, 0.2) is 12.7 Å². The summed E-state index contributed by atoms with van der Waals surface area (Å²) in [7, 11) is 0. The highest BCUT2D eigenvalue weighted by atomic mass is 14.7. The molecule has 14 heavy (non-hydrogen) atoms. The third kappa shape index (κ3) is 0.741. The molecule has 4 unspecified atom stereocenters. The van der Waals surface area contributed by atoms with Crippen LogP contribution < -0.4 is 0 Å². The van der Waals surface area contributed by atoms with Crippen molar-refractivity contribution < 1.29 is 0 Å². The summed E-state index contributed by atoms with van der Waals surface area (Å²) in [5.41, 5.74) is 0.841. The number of allylic oxidation sites excluding steroid dienone is 1. The van der Waals surface area contributed by atoms with Gasteiger partial charge in [-0.2, -0.15) is 0 Å². The Bertz CT molecular complexity index is 276. The highest BCUT2D eigenvalue weighted by Gasteiger charge is 2.64. The molecule has 5 aliphatic rings. The van der Waals surface area contributed by atoms with Crippen LogP contribution in [0.2, 0.25) is 0 Å². The largest absolute Gasteiger partial charge is 0.103 e. The molecule has 0 aromatic heterocycles. The summed E-state index contributed by atoms with van der Waals surface area (Å²) in [6.45, 7) is 4.03. The van der Waals surface area contributed by atoms with E-state index in [0.29, 0.717) is 0 Å². The second-order valence-electron chi connectivity index (χ2n) is 6.60. The van der Waals surface area contributed by atoms with Crippen LogP contribution >= 0.6 is 0 Å². The van der Waals surface area contributed by atoms with Crippen LogP contribution in [0.25, 0.3) is 0 Å². The molecule has 0 saturated heterocycles. The van der Waals surface area contributed by atoms with Crippen molar-refractivity contribution in [3.8, 4) is 0 Å². The van der Waals surface area contributed by atoms with Gasteiger partial charge in [0.05, 0.1) is 0 Å². The second-order valence-corrected chi connectivity index (χ2v) is 6.60. The van der Waals surface area contributed by atoms with Gasteiger partial charge in [0.15, 0.2) is 0 Å². The Morgan fingerprint density at radius 3 is 2.29 bits per heavy atom. The Morgan fingerprint density at radius 1 is 1.00 bits per heavy atom. The second kappa shape index (κ2) is 2.28. The van der Waals surface area contributed by atoms with Crippen molar-refractivity contribution in [3.63, 3.8) is 0 Å². The molecule has 0 heteroatoms. The number of rotatable bonds is 1. The summed E-state index contributed by atoms with van der Waals surface area (Å²) in [4.78, 5) is 0. The van der Waals surface area contributed by atoms with Crippen LogP contribution in [-0.4, -0.2) is 0 Å². The molecule has 0 aromatic carbocycles. The van der Waals surface area contributed by atoms with Crippen LogP contribution in [0.3, 0.4) is 0 Å². The molecule has 0 heterocycles. The minimum Gasteiger partial charge on any atom is -0.103 e. The van der Waals surface area contributed by atoms with E-state index in [2.05, 4.69) is 12.7 Å². The summed E-state index contributed by atoms with van der Waals surface area (Å²) in [5.74, 6) is 5.36. The minimum absolute atomic E-state index is 0.841. The SMILES string of the molecule is C=CC1CC23CC4CC(CC(C4)C12)C3. The molecular weight excluding hydrogens is 168 g/mol. The molecule has 0 amide bonds. The van der Waals surface area contributed by atoms with Gasteiger partial charge in [-0.05, 0) is 73.5 Å². The van der Waals surface area contributed by atoms with E-state index in [0.717, 1.165) is 35.0 Å². The maximum absolute atomic E-state index is 4.03. The van der Waals surface area contributed by atoms with Crippen LogP contribution in [0, 0.1) is 35.0 Å². The molecule has 4 atom stereocenters. The normalized spacial score (nSPS) is 63.3. The predicted molar refractivity (Wildman–Crippen MR) is 57.8 cm³/mol. The first-order chi connectivity index (χ1) is 6.81. The highest BCUT2D eigenvalue weighted by molar-refractivity contribution is 5.16. The first-order valence-electron chi connectivity index (χ1n) is 6.43. The van der Waals surface area contributed by atoms with Gasteiger partial charge in [0.25, 0.3) is 0 Å². The Morgan fingerprint density at radius 2 is 1.71 bits per heavy atom. The lowest BCUT2D eigenvalue weighted by molar-refractivity contribution is -0.193. The van der Waals surface area contributed by atoms with Crippen molar-refractivity contribution >= 4 is 0 Å². The Kier molecular flexibility index (Phi) is 1.30. The predicted octanol–water partition coefficient (Wildman–Crippen LogP) is 3.63. The van der Waals surface area contributed by atoms with Crippen LogP contribution in [-0.2, 0) is 0 Å². The van der Waals surface area contributed by atoms with E-state index in [9.17, 15) is 0 Å². The quantitative estimate of drug-likeness (QED) is 0.551. The van der Waals surface area contributed by atoms with Crippen LogP contribution in [0.5, 0.6) is 0 Å². The molecule has 5 rings (SSSR count). The number of hydrogen-bond acceptors (Lipinski definition) is 0. The summed E-state index contributed by atoms with van der Waals surface area (Å²) >= 11 is 0. The fourth-order valence-corrected chi connectivity index (χ4v) is 6.02. The fraction of sp³-hybridized carbons (Fsp3) is 0.857. The zero-order chi connectivity index (χ0) is 9.34. The van der Waals surface area contributed by atoms with Gasteiger partial charge >= 0.3 is 0 Å². The molecule has 0 aromatic rings. The molecule has 5 saturated carbocycles. The Hall–Kier alpha value is -0.260. The average Bonchev–Trinajstić information content (AvgIpc) is 2.10. The summed E-state index contributed by atoms with van der Waals surface area (Å²) in [6, 6.07) is 0. The van der Waals surface area contributed by atoms with Crippen molar-refractivity contribution in [2.45, 2.75) is 38.5 Å². The zero-order valence-corrected chi connectivity index (χ0v) is 8.91. The summed E-state index contributed by atoms with van der Waals surface area (Å²) in [5, 5.41) is 0. The van der Waals surface area contributed by atoms with Gasteiger partial charge in [-0.1, -0.05) is 6.08 Å². The van der Waals surface area contributed by atoms with Crippen molar-refractivity contribution in [1.29, 1.82) is 0 Å². The zero-order valence-electron chi connectivity index (χ0n) is 8.91. The maximum Gasteiger partial charge on any atom is -0.0194 e. The lowest BCUT2D eigenvalue weighted by atomic mass is 9.35. The van der Waals surface area contributed by atoms with E-state index in [1.807, 2.05) is 0 Å². The maximum atomic E-state index is 4.03. The van der Waals surface area contributed by atoms with Gasteiger partial charge in [0.1, 0.15) is 0 Å². The summed E-state index contributed by atoms with van der Waals surface area (Å²) < 4.78 is 0. The molecule has 0 N–H and O–H groups in total. The van der Waals surface area contributed by atoms with Crippen LogP contribution in [0.4, 0.5) is 0 Å². The fourth-order valence-electron chi connectivity index (χ4n) is 6.02. The average molecular weight is 188 g/mol. The Balaban J connectivity index is 1.73. The monoisotopic (exact) mass is 188 g/mol. The van der Waals surface area contributed by atoms with E-state index < -0.39 is 0 Å². The van der Waals surface area contributed by atoms with E-state index in [-0.39, 0.29) is 0 Å². The van der Waals surface area contributed by atoms with E-state index in [1.165, 1.54) is 6.42 Å². The molecular formula is C14H20. The highest BCUT2D eigenvalue weighted by Crippen LogP contribution is 2.72. The molecule has 5 fully saturated rings. The van der Waals surface area contributed by atoms with Crippen molar-refractivity contribution in [1.82, 2.24) is 0 Å². The van der Waals surface area contributed by atoms with E-state index >= 15 is 0 Å². The van der Waals surface area contributed by atoms with Crippen molar-refractivity contribution in [2.24, 2.45) is 35.0 Å². The van der Waals surface area contributed by atoms with Gasteiger partial charge in [-0.3, -0.25) is 0 Å². The molecule has 5 aliphatic carbocycles. The van der Waals surface area contributed by atoms with Gasteiger partial charge in [-0.25, -0.2) is 0 Å². The van der Waals surface area contributed by atoms with E-state index in [4.69, 9.17) is 0 Å². The Labute approximate surface area is 86.8 Å². The number of hydrogen-bond donors (Lipinski definition) is 0. The molecule has 0 nitrogen and oxygen atoms in total. The molecule has 4 bridgehead atoms. The lowest BCUT2D eigenvalue weighted by Crippen LogP contribution is -2.61. The summed E-state index contributed by atoms with van der Waals surface area (Å²) in [6.07, 6.45) is 11.7. The minimum atomic E-state index is 0.841. The molecule has 76 valence electrons. The van der Waals surface area contributed by atoms with Gasteiger partial charge in [0.2, 0.25) is 0 Å². The van der Waals surface area contributed by atoms with E-state index in [1.54, 1.807) is 32.1 Å². The standard InChI is InChI=1S/C14H20/c1-2-11-8-14-6-9-3-10(7-14)5-12(4-9)13(11)14/h2,9-13H,1,3-8H2. The third-order valence-electron chi connectivity index (χ3n) is 5.95. The molecule has 0 aliphatic heterocycles. The topological polar surface area (TPSA) is 0 Å². The third-order valence-corrected chi connectivity index (χ3v) is 5.95. The molecule has 1 spiro atoms. The first kappa shape index (κ1) is 7.96. The molecule has 0 radical (unpaired) electrons. The van der Waals surface area contributed by atoms with Crippen molar-refractivity contribution in [3.05, 3.63) is 12.7 Å². The lowest BCUT2D eigenvalue weighted by Gasteiger charge is -2.70. The smallest absolute Gasteiger partial charge is 0.0194 e. The van der Waals surface area contributed by atoms with Gasteiger partial charge in [0, 0.05) is 0 Å². The van der Waals surface area contributed by atoms with Gasteiger partial charge < -0.3 is 0 Å².